The van der Waals surface area contributed by atoms with Crippen molar-refractivity contribution in [3.63, 3.8) is 0 Å². The van der Waals surface area contributed by atoms with Crippen molar-refractivity contribution < 1.29 is 18.7 Å². The largest absolute Gasteiger partial charge is 0.493 e. The van der Waals surface area contributed by atoms with E-state index >= 15 is 0 Å². The zero-order valence-electron chi connectivity index (χ0n) is 8.54. The first-order chi connectivity index (χ1) is 7.19. The lowest BCUT2D eigenvalue weighted by atomic mass is 10.1. The number of hydrogen-bond acceptors (Lipinski definition) is 3. The van der Waals surface area contributed by atoms with E-state index in [0.717, 1.165) is 6.07 Å². The molecule has 0 atom stereocenters. The number of aldehydes is 1. The number of ether oxygens (including phenoxy) is 2. The highest BCUT2D eigenvalue weighted by atomic mass is 19.1. The van der Waals surface area contributed by atoms with Gasteiger partial charge in [0.15, 0.2) is 17.8 Å². The van der Waals surface area contributed by atoms with E-state index in [1.165, 1.54) is 20.3 Å². The Bertz CT molecular complexity index is 399. The number of rotatable bonds is 4. The molecule has 4 heteroatoms. The average Bonchev–Trinajstić information content (AvgIpc) is 2.27. The SMILES string of the molecule is C=Cc1c(C=O)c(F)cc(OC)c1OC. The van der Waals surface area contributed by atoms with E-state index in [1.807, 2.05) is 0 Å². The number of carbonyl (C=O) groups is 1. The van der Waals surface area contributed by atoms with Crippen molar-refractivity contribution in [1.29, 1.82) is 0 Å². The highest BCUT2D eigenvalue weighted by Crippen LogP contribution is 2.35. The van der Waals surface area contributed by atoms with Crippen molar-refractivity contribution in [2.75, 3.05) is 14.2 Å². The quantitative estimate of drug-likeness (QED) is 0.715. The first kappa shape index (κ1) is 11.2. The van der Waals surface area contributed by atoms with Gasteiger partial charge in [-0.15, -0.1) is 0 Å². The van der Waals surface area contributed by atoms with Gasteiger partial charge in [0.1, 0.15) is 5.82 Å². The number of benzene rings is 1. The fourth-order valence-electron chi connectivity index (χ4n) is 1.33. The Kier molecular flexibility index (Phi) is 3.44. The van der Waals surface area contributed by atoms with E-state index in [1.54, 1.807) is 0 Å². The zero-order chi connectivity index (χ0) is 11.4. The third-order valence-electron chi connectivity index (χ3n) is 2.02. The number of halogens is 1. The Morgan fingerprint density at radius 2 is 2.00 bits per heavy atom. The Morgan fingerprint density at radius 1 is 1.33 bits per heavy atom. The summed E-state index contributed by atoms with van der Waals surface area (Å²) in [5.41, 5.74) is 0.215. The molecule has 0 aromatic heterocycles. The third kappa shape index (κ3) is 1.83. The van der Waals surface area contributed by atoms with Gasteiger partial charge in [-0.2, -0.15) is 0 Å². The van der Waals surface area contributed by atoms with Crippen LogP contribution in [-0.4, -0.2) is 20.5 Å². The van der Waals surface area contributed by atoms with Gasteiger partial charge in [-0.05, 0) is 0 Å². The summed E-state index contributed by atoms with van der Waals surface area (Å²) in [6.45, 7) is 3.50. The summed E-state index contributed by atoms with van der Waals surface area (Å²) < 4.78 is 23.4. The van der Waals surface area contributed by atoms with Crippen LogP contribution in [0, 0.1) is 5.82 Å². The van der Waals surface area contributed by atoms with Gasteiger partial charge in [0.2, 0.25) is 0 Å². The molecule has 0 aliphatic carbocycles. The highest BCUT2D eigenvalue weighted by molar-refractivity contribution is 5.85. The lowest BCUT2D eigenvalue weighted by Gasteiger charge is -2.12. The molecule has 0 unspecified atom stereocenters. The van der Waals surface area contributed by atoms with Crippen molar-refractivity contribution in [3.8, 4) is 11.5 Å². The number of methoxy groups -OCH3 is 2. The molecule has 15 heavy (non-hydrogen) atoms. The van der Waals surface area contributed by atoms with Crippen LogP contribution in [0.2, 0.25) is 0 Å². The molecule has 3 nitrogen and oxygen atoms in total. The molecular weight excluding hydrogens is 199 g/mol. The molecule has 1 rings (SSSR count). The molecule has 0 aliphatic heterocycles. The summed E-state index contributed by atoms with van der Waals surface area (Å²) >= 11 is 0. The summed E-state index contributed by atoms with van der Waals surface area (Å²) in [6.07, 6.45) is 1.78. The Balaban J connectivity index is 3.58. The third-order valence-corrected chi connectivity index (χ3v) is 2.02. The maximum absolute atomic E-state index is 13.4. The van der Waals surface area contributed by atoms with E-state index in [4.69, 9.17) is 9.47 Å². The molecule has 0 aliphatic rings. The molecule has 0 spiro atoms. The molecule has 0 N–H and O–H groups in total. The van der Waals surface area contributed by atoms with Crippen molar-refractivity contribution >= 4 is 12.4 Å². The van der Waals surface area contributed by atoms with Crippen molar-refractivity contribution in [1.82, 2.24) is 0 Å². The first-order valence-corrected chi connectivity index (χ1v) is 4.21. The topological polar surface area (TPSA) is 35.5 Å². The molecular formula is C11H11FO3. The maximum atomic E-state index is 13.4. The minimum atomic E-state index is -0.655. The minimum Gasteiger partial charge on any atom is -0.493 e. The zero-order valence-corrected chi connectivity index (χ0v) is 8.54. The highest BCUT2D eigenvalue weighted by Gasteiger charge is 2.16. The molecule has 1 aromatic carbocycles. The van der Waals surface area contributed by atoms with Gasteiger partial charge in [-0.25, -0.2) is 4.39 Å². The molecule has 80 valence electrons. The second-order valence-electron chi connectivity index (χ2n) is 2.74. The van der Waals surface area contributed by atoms with Gasteiger partial charge in [0, 0.05) is 11.6 Å². The summed E-state index contributed by atoms with van der Waals surface area (Å²) in [6, 6.07) is 1.11. The monoisotopic (exact) mass is 210 g/mol. The van der Waals surface area contributed by atoms with E-state index < -0.39 is 5.82 Å². The van der Waals surface area contributed by atoms with Gasteiger partial charge in [-0.1, -0.05) is 12.7 Å². The van der Waals surface area contributed by atoms with Crippen LogP contribution in [0.3, 0.4) is 0 Å². The van der Waals surface area contributed by atoms with Crippen molar-refractivity contribution in [2.45, 2.75) is 0 Å². The smallest absolute Gasteiger partial charge is 0.168 e. The first-order valence-electron chi connectivity index (χ1n) is 4.21. The van der Waals surface area contributed by atoms with Crippen LogP contribution >= 0.6 is 0 Å². The summed E-state index contributed by atoms with van der Waals surface area (Å²) in [5, 5.41) is 0. The number of carbonyl (C=O) groups excluding carboxylic acids is 1. The Labute approximate surface area is 87.1 Å². The van der Waals surface area contributed by atoms with Crippen molar-refractivity contribution in [3.05, 3.63) is 29.6 Å². The standard InChI is InChI=1S/C11H11FO3/c1-4-7-8(6-13)9(12)5-10(14-2)11(7)15-3/h4-6H,1H2,2-3H3. The summed E-state index contributed by atoms with van der Waals surface area (Å²) in [4.78, 5) is 10.7. The van der Waals surface area contributed by atoms with Gasteiger partial charge >= 0.3 is 0 Å². The second-order valence-corrected chi connectivity index (χ2v) is 2.74. The van der Waals surface area contributed by atoms with Crippen LogP contribution in [0.4, 0.5) is 4.39 Å². The van der Waals surface area contributed by atoms with Crippen LogP contribution in [0.5, 0.6) is 11.5 Å². The normalized spacial score (nSPS) is 9.53. The number of hydrogen-bond donors (Lipinski definition) is 0. The van der Waals surface area contributed by atoms with E-state index in [-0.39, 0.29) is 11.3 Å². The summed E-state index contributed by atoms with van der Waals surface area (Å²) in [5.74, 6) is -0.121. The van der Waals surface area contributed by atoms with Crippen LogP contribution in [0.1, 0.15) is 15.9 Å². The molecule has 0 saturated carbocycles. The Hall–Kier alpha value is -1.84. The van der Waals surface area contributed by atoms with E-state index in [2.05, 4.69) is 6.58 Å². The molecule has 0 fully saturated rings. The predicted octanol–water partition coefficient (Wildman–Crippen LogP) is 2.30. The lowest BCUT2D eigenvalue weighted by molar-refractivity contribution is 0.111. The molecule has 0 saturated heterocycles. The fraction of sp³-hybridized carbons (Fsp3) is 0.182. The van der Waals surface area contributed by atoms with Crippen LogP contribution in [0.15, 0.2) is 12.6 Å². The Morgan fingerprint density at radius 3 is 2.40 bits per heavy atom. The minimum absolute atomic E-state index is 0.0809. The van der Waals surface area contributed by atoms with Gasteiger partial charge in [0.05, 0.1) is 19.8 Å². The van der Waals surface area contributed by atoms with Gasteiger partial charge in [-0.3, -0.25) is 4.79 Å². The van der Waals surface area contributed by atoms with Gasteiger partial charge < -0.3 is 9.47 Å². The molecule has 0 amide bonds. The lowest BCUT2D eigenvalue weighted by Crippen LogP contribution is -2.00. The predicted molar refractivity (Wildman–Crippen MR) is 55.0 cm³/mol. The maximum Gasteiger partial charge on any atom is 0.168 e. The van der Waals surface area contributed by atoms with Crippen LogP contribution in [0.25, 0.3) is 6.08 Å². The molecule has 0 bridgehead atoms. The van der Waals surface area contributed by atoms with Crippen LogP contribution in [-0.2, 0) is 0 Å². The van der Waals surface area contributed by atoms with E-state index in [9.17, 15) is 9.18 Å². The molecule has 0 radical (unpaired) electrons. The summed E-state index contributed by atoms with van der Waals surface area (Å²) in [7, 11) is 2.81. The van der Waals surface area contributed by atoms with E-state index in [0.29, 0.717) is 17.6 Å². The van der Waals surface area contributed by atoms with Crippen LogP contribution < -0.4 is 9.47 Å². The molecule has 0 heterocycles. The fourth-order valence-corrected chi connectivity index (χ4v) is 1.33. The average molecular weight is 210 g/mol. The van der Waals surface area contributed by atoms with Gasteiger partial charge in [0.25, 0.3) is 0 Å². The molecule has 1 aromatic rings. The van der Waals surface area contributed by atoms with Crippen molar-refractivity contribution in [2.24, 2.45) is 0 Å². The second kappa shape index (κ2) is 4.59.